The molecule has 0 amide bonds. The predicted molar refractivity (Wildman–Crippen MR) is 129 cm³/mol. The molecule has 172 valence electrons. The lowest BCUT2D eigenvalue weighted by molar-refractivity contribution is -0.162. The number of ether oxygens (including phenoxy) is 1. The van der Waals surface area contributed by atoms with Crippen LogP contribution in [0.5, 0.6) is 0 Å². The molecule has 0 heterocycles. The third-order valence-corrected chi connectivity index (χ3v) is 6.30. The van der Waals surface area contributed by atoms with E-state index in [4.69, 9.17) is 4.74 Å². The lowest BCUT2D eigenvalue weighted by atomic mass is 9.94. The Morgan fingerprint density at radius 2 is 1.67 bits per heavy atom. The molecule has 33 heavy (non-hydrogen) atoms. The molecule has 1 aliphatic rings. The van der Waals surface area contributed by atoms with Crippen LogP contribution in [0, 0.1) is 11.7 Å². The van der Waals surface area contributed by atoms with Gasteiger partial charge in [0, 0.05) is 18.6 Å². The largest absolute Gasteiger partial charge is 0.460 e. The smallest absolute Gasteiger partial charge is 0.311 e. The molecule has 0 unspecified atom stereocenters. The first-order chi connectivity index (χ1) is 15.7. The molecule has 0 N–H and O–H groups in total. The zero-order valence-electron chi connectivity index (χ0n) is 19.8. The summed E-state index contributed by atoms with van der Waals surface area (Å²) in [5.41, 5.74) is 3.64. The topological polar surface area (TPSA) is 29.5 Å². The summed E-state index contributed by atoms with van der Waals surface area (Å²) in [6, 6.07) is 25.3. The Morgan fingerprint density at radius 1 is 1.03 bits per heavy atom. The van der Waals surface area contributed by atoms with Crippen molar-refractivity contribution in [3.63, 3.8) is 0 Å². The molecule has 3 aromatic rings. The number of benzene rings is 3. The highest BCUT2D eigenvalue weighted by Crippen LogP contribution is 2.45. The Morgan fingerprint density at radius 3 is 2.30 bits per heavy atom. The second-order valence-electron chi connectivity index (χ2n) is 9.88. The predicted octanol–water partition coefficient (Wildman–Crippen LogP) is 6.64. The first kappa shape index (κ1) is 23.2. The first-order valence-corrected chi connectivity index (χ1v) is 11.6. The lowest BCUT2D eigenvalue weighted by Crippen LogP contribution is -2.39. The van der Waals surface area contributed by atoms with E-state index in [1.807, 2.05) is 63.2 Å². The van der Waals surface area contributed by atoms with Crippen molar-refractivity contribution in [1.29, 1.82) is 0 Å². The Bertz CT molecular complexity index is 1090. The fourth-order valence-corrected chi connectivity index (χ4v) is 4.80. The summed E-state index contributed by atoms with van der Waals surface area (Å²) in [5.74, 6) is -0.915. The van der Waals surface area contributed by atoms with Crippen LogP contribution in [0.25, 0.3) is 0 Å². The van der Waals surface area contributed by atoms with Gasteiger partial charge in [-0.15, -0.1) is 0 Å². The molecule has 0 saturated carbocycles. The van der Waals surface area contributed by atoms with Crippen molar-refractivity contribution in [3.05, 3.63) is 107 Å². The number of fused-ring (bicyclic) bond motifs is 1. The second kappa shape index (κ2) is 9.48. The van der Waals surface area contributed by atoms with Crippen LogP contribution in [-0.4, -0.2) is 16.5 Å². The number of carbonyl (C=O) groups is 1. The van der Waals surface area contributed by atoms with E-state index in [1.54, 1.807) is 6.07 Å². The van der Waals surface area contributed by atoms with Crippen LogP contribution in [0.3, 0.4) is 0 Å². The van der Waals surface area contributed by atoms with E-state index < -0.39 is 11.5 Å². The van der Waals surface area contributed by atoms with Crippen molar-refractivity contribution >= 4 is 5.97 Å². The highest BCUT2D eigenvalue weighted by atomic mass is 19.1. The highest BCUT2D eigenvalue weighted by Gasteiger charge is 2.44. The van der Waals surface area contributed by atoms with Crippen LogP contribution in [-0.2, 0) is 22.5 Å². The summed E-state index contributed by atoms with van der Waals surface area (Å²) in [5, 5.41) is 0. The number of hydrogen-bond donors (Lipinski definition) is 0. The maximum atomic E-state index is 14.1. The molecule has 3 aromatic carbocycles. The summed E-state index contributed by atoms with van der Waals surface area (Å²) < 4.78 is 20.0. The van der Waals surface area contributed by atoms with Crippen LogP contribution >= 0.6 is 0 Å². The molecule has 3 nitrogen and oxygen atoms in total. The van der Waals surface area contributed by atoms with Gasteiger partial charge in [-0.3, -0.25) is 9.69 Å². The van der Waals surface area contributed by atoms with Gasteiger partial charge in [0.05, 0.1) is 5.92 Å². The molecule has 3 atom stereocenters. The van der Waals surface area contributed by atoms with Gasteiger partial charge in [0.1, 0.15) is 11.4 Å². The van der Waals surface area contributed by atoms with Crippen LogP contribution in [0.1, 0.15) is 62.0 Å². The summed E-state index contributed by atoms with van der Waals surface area (Å²) in [7, 11) is 0. The number of hydrogen-bond acceptors (Lipinski definition) is 3. The molecule has 4 heteroatoms. The third-order valence-electron chi connectivity index (χ3n) is 6.30. The molecule has 1 aliphatic carbocycles. The quantitative estimate of drug-likeness (QED) is 0.398. The van der Waals surface area contributed by atoms with Gasteiger partial charge in [0.25, 0.3) is 0 Å². The molecule has 0 bridgehead atoms. The average Bonchev–Trinajstić information content (AvgIpc) is 3.15. The minimum atomic E-state index is -0.586. The van der Waals surface area contributed by atoms with Gasteiger partial charge < -0.3 is 4.74 Å². The van der Waals surface area contributed by atoms with Crippen LogP contribution in [0.4, 0.5) is 4.39 Å². The third kappa shape index (κ3) is 5.33. The van der Waals surface area contributed by atoms with E-state index >= 15 is 0 Å². The molecule has 0 radical (unpaired) electrons. The van der Waals surface area contributed by atoms with Gasteiger partial charge in [0.15, 0.2) is 0 Å². The van der Waals surface area contributed by atoms with Crippen molar-refractivity contribution in [3.8, 4) is 0 Å². The fraction of sp³-hybridized carbons (Fsp3) is 0.345. The first-order valence-electron chi connectivity index (χ1n) is 11.6. The monoisotopic (exact) mass is 445 g/mol. The fourth-order valence-electron chi connectivity index (χ4n) is 4.80. The molecule has 0 aromatic heterocycles. The minimum Gasteiger partial charge on any atom is -0.460 e. The Labute approximate surface area is 196 Å². The summed E-state index contributed by atoms with van der Waals surface area (Å²) >= 11 is 0. The van der Waals surface area contributed by atoms with E-state index in [-0.39, 0.29) is 23.9 Å². The molecule has 4 rings (SSSR count). The molecular weight excluding hydrogens is 413 g/mol. The zero-order valence-corrected chi connectivity index (χ0v) is 19.8. The summed E-state index contributed by atoms with van der Waals surface area (Å²) in [6.07, 6.45) is 0.472. The van der Waals surface area contributed by atoms with E-state index in [1.165, 1.54) is 17.2 Å². The van der Waals surface area contributed by atoms with Gasteiger partial charge >= 0.3 is 5.97 Å². The lowest BCUT2D eigenvalue weighted by Gasteiger charge is -2.38. The summed E-state index contributed by atoms with van der Waals surface area (Å²) in [4.78, 5) is 15.8. The molecular formula is C29H32FNO2. The van der Waals surface area contributed by atoms with Crippen molar-refractivity contribution in [2.45, 2.75) is 58.3 Å². The maximum Gasteiger partial charge on any atom is 0.311 e. The van der Waals surface area contributed by atoms with Gasteiger partial charge in [-0.25, -0.2) is 4.39 Å². The van der Waals surface area contributed by atoms with Crippen molar-refractivity contribution in [2.24, 2.45) is 5.92 Å². The Kier molecular flexibility index (Phi) is 6.66. The molecule has 0 aliphatic heterocycles. The molecule has 0 saturated heterocycles. The van der Waals surface area contributed by atoms with Crippen LogP contribution in [0.2, 0.25) is 0 Å². The van der Waals surface area contributed by atoms with Crippen molar-refractivity contribution < 1.29 is 13.9 Å². The van der Waals surface area contributed by atoms with Crippen molar-refractivity contribution in [1.82, 2.24) is 4.90 Å². The number of halogens is 1. The van der Waals surface area contributed by atoms with E-state index in [0.29, 0.717) is 13.0 Å². The van der Waals surface area contributed by atoms with E-state index in [2.05, 4.69) is 36.1 Å². The standard InChI is InChI=1S/C29H32FNO2/c1-20(22-13-9-6-10-14-22)31(19-21-11-7-5-8-12-21)27-25-16-15-24(30)17-23(25)18-26(27)28(32)33-29(2,3)4/h5-17,20,26-27H,18-19H2,1-4H3/t20-,26-,27-/m1/s1. The minimum absolute atomic E-state index is 0.0392. The SMILES string of the molecule is C[C@H](c1ccccc1)N(Cc1ccccc1)[C@@H]1c2ccc(F)cc2C[C@H]1C(=O)OC(C)(C)C. The van der Waals surface area contributed by atoms with E-state index in [0.717, 1.165) is 11.1 Å². The van der Waals surface area contributed by atoms with Crippen LogP contribution in [0.15, 0.2) is 78.9 Å². The van der Waals surface area contributed by atoms with Gasteiger partial charge in [-0.05, 0) is 68.5 Å². The maximum absolute atomic E-state index is 14.1. The van der Waals surface area contributed by atoms with Crippen LogP contribution < -0.4 is 0 Å². The number of esters is 1. The van der Waals surface area contributed by atoms with Gasteiger partial charge in [0.2, 0.25) is 0 Å². The van der Waals surface area contributed by atoms with E-state index in [9.17, 15) is 9.18 Å². The number of nitrogens with zero attached hydrogens (tertiary/aromatic N) is 1. The highest BCUT2D eigenvalue weighted by molar-refractivity contribution is 5.76. The zero-order chi connectivity index (χ0) is 23.6. The average molecular weight is 446 g/mol. The van der Waals surface area contributed by atoms with Crippen molar-refractivity contribution in [2.75, 3.05) is 0 Å². The number of rotatable bonds is 6. The normalized spacial score (nSPS) is 18.7. The number of carbonyl (C=O) groups excluding carboxylic acids is 1. The molecule has 0 fully saturated rings. The molecule has 0 spiro atoms. The Balaban J connectivity index is 1.79. The Hall–Kier alpha value is -2.98. The summed E-state index contributed by atoms with van der Waals surface area (Å²) in [6.45, 7) is 8.49. The van der Waals surface area contributed by atoms with Gasteiger partial charge in [-0.1, -0.05) is 66.7 Å². The second-order valence-corrected chi connectivity index (χ2v) is 9.88. The van der Waals surface area contributed by atoms with Gasteiger partial charge in [-0.2, -0.15) is 0 Å².